The van der Waals surface area contributed by atoms with Crippen LogP contribution < -0.4 is 30.3 Å². The smallest absolute Gasteiger partial charge is 0.254 e. The molecule has 2 bridgehead atoms. The Kier molecular flexibility index (Phi) is 15.4. The van der Waals surface area contributed by atoms with Crippen molar-refractivity contribution in [3.63, 3.8) is 0 Å². The highest BCUT2D eigenvalue weighted by Crippen LogP contribution is 2.41. The van der Waals surface area contributed by atoms with E-state index >= 15 is 0 Å². The number of nitrogen functional groups attached to an aromatic ring is 1. The van der Waals surface area contributed by atoms with Crippen LogP contribution in [0.3, 0.4) is 0 Å². The van der Waals surface area contributed by atoms with Crippen molar-refractivity contribution < 1.29 is 38.6 Å². The number of thiazole rings is 1. The van der Waals surface area contributed by atoms with E-state index in [1.165, 1.54) is 11.8 Å². The van der Waals surface area contributed by atoms with Crippen molar-refractivity contribution in [2.24, 2.45) is 5.92 Å². The van der Waals surface area contributed by atoms with Crippen molar-refractivity contribution in [3.8, 4) is 39.2 Å². The quantitative estimate of drug-likeness (QED) is 0.0907. The van der Waals surface area contributed by atoms with Gasteiger partial charge in [-0.05, 0) is 66.2 Å². The molecular weight excluding hydrogens is 1030 g/mol. The number of aromatic nitrogens is 5. The zero-order chi connectivity index (χ0) is 55.0. The van der Waals surface area contributed by atoms with Gasteiger partial charge in [-0.1, -0.05) is 50.2 Å². The third kappa shape index (κ3) is 11.3. The van der Waals surface area contributed by atoms with E-state index in [9.17, 15) is 24.6 Å². The number of β-amino-alcohol motifs (C(OH)–C–C–N with tert-alkyl or cyclic N) is 1. The summed E-state index contributed by atoms with van der Waals surface area (Å²) in [7, 11) is 0. The number of aryl methyl sites for hydroxylation is 1. The molecule has 79 heavy (non-hydrogen) atoms. The molecule has 6 aromatic rings. The number of para-hydroxylation sites is 1. The molecule has 4 aromatic heterocycles. The Bertz CT molecular complexity index is 3130. The van der Waals surface area contributed by atoms with Gasteiger partial charge in [-0.2, -0.15) is 0 Å². The second-order valence-corrected chi connectivity index (χ2v) is 22.8. The second-order valence-electron chi connectivity index (χ2n) is 21.9. The minimum Gasteiger partial charge on any atom is -0.507 e. The van der Waals surface area contributed by atoms with Crippen LogP contribution >= 0.6 is 11.3 Å². The van der Waals surface area contributed by atoms with Gasteiger partial charge in [0.25, 0.3) is 5.88 Å². The number of carbonyl (C=O) groups excluding carboxylic acids is 3. The van der Waals surface area contributed by atoms with Crippen LogP contribution in [-0.4, -0.2) is 182 Å². The van der Waals surface area contributed by atoms with Gasteiger partial charge >= 0.3 is 0 Å². The van der Waals surface area contributed by atoms with Gasteiger partial charge in [0.2, 0.25) is 23.6 Å². The van der Waals surface area contributed by atoms with Gasteiger partial charge in [-0.15, -0.1) is 21.5 Å². The molecule has 0 spiro atoms. The summed E-state index contributed by atoms with van der Waals surface area (Å²) >= 11 is 1.56. The average Bonchev–Trinajstić information content (AvgIpc) is 4.40. The number of aliphatic hydroxyl groups excluding tert-OH is 1. The zero-order valence-corrected chi connectivity index (χ0v) is 45.9. The number of phenols is 1. The van der Waals surface area contributed by atoms with Crippen molar-refractivity contribution in [2.75, 3.05) is 101 Å². The Balaban J connectivity index is 0.632. The fraction of sp³-hybridized carbons (Fsp3) is 0.474. The Morgan fingerprint density at radius 1 is 0.886 bits per heavy atom. The number of pyridine rings is 1. The number of piperazine rings is 2. The normalized spacial score (nSPS) is 21.5. The lowest BCUT2D eigenvalue weighted by atomic mass is 9.81. The first-order valence-electron chi connectivity index (χ1n) is 27.3. The largest absolute Gasteiger partial charge is 0.507 e. The highest BCUT2D eigenvalue weighted by atomic mass is 32.1. The van der Waals surface area contributed by atoms with Gasteiger partial charge < -0.3 is 54.9 Å². The molecule has 22 heteroatoms. The van der Waals surface area contributed by atoms with Crippen LogP contribution in [0, 0.1) is 12.8 Å². The number of amides is 3. The van der Waals surface area contributed by atoms with Gasteiger partial charge in [0.05, 0.1) is 33.6 Å². The molecule has 5 atom stereocenters. The number of fused-ring (bicyclic) bond motifs is 2. The van der Waals surface area contributed by atoms with Crippen LogP contribution in [0.15, 0.2) is 89.0 Å². The number of anilines is 3. The van der Waals surface area contributed by atoms with Gasteiger partial charge in [0, 0.05) is 127 Å². The van der Waals surface area contributed by atoms with Gasteiger partial charge in [0.1, 0.15) is 36.5 Å². The molecule has 3 amide bonds. The van der Waals surface area contributed by atoms with E-state index in [2.05, 4.69) is 62.4 Å². The second kappa shape index (κ2) is 22.8. The average molecular weight is 1100 g/mol. The minimum absolute atomic E-state index is 0.00547. The summed E-state index contributed by atoms with van der Waals surface area (Å²) in [5.74, 6) is -0.0970. The van der Waals surface area contributed by atoms with Crippen LogP contribution in [0.2, 0.25) is 0 Å². The number of phenolic OH excluding ortho intramolecular Hbond substituents is 1. The number of hydrogen-bond acceptors (Lipinski definition) is 19. The number of nitrogens with two attached hydrogens (primary N) is 1. The van der Waals surface area contributed by atoms with Crippen LogP contribution in [-0.2, 0) is 19.9 Å². The Labute approximate surface area is 463 Å². The van der Waals surface area contributed by atoms with E-state index in [1.54, 1.807) is 34.4 Å². The summed E-state index contributed by atoms with van der Waals surface area (Å²) in [6.45, 7) is 15.2. The number of aromatic hydroxyl groups is 1. The third-order valence-electron chi connectivity index (χ3n) is 16.4. The molecular formula is C57H69N13O8S. The minimum atomic E-state index is -0.936. The molecule has 21 nitrogen and oxygen atoms in total. The number of nitrogens with one attached hydrogen (secondary N) is 1. The zero-order valence-electron chi connectivity index (χ0n) is 45.1. The Morgan fingerprint density at radius 2 is 1.58 bits per heavy atom. The molecule has 0 radical (unpaired) electrons. The van der Waals surface area contributed by atoms with Crippen molar-refractivity contribution in [1.29, 1.82) is 0 Å². The lowest BCUT2D eigenvalue weighted by Crippen LogP contribution is -2.70. The monoisotopic (exact) mass is 1100 g/mol. The number of rotatable bonds is 18. The predicted octanol–water partition coefficient (Wildman–Crippen LogP) is 4.75. The molecule has 5 N–H and O–H groups in total. The highest BCUT2D eigenvalue weighted by molar-refractivity contribution is 7.13. The number of likely N-dealkylation sites (tertiary alicyclic amines) is 2. The molecule has 2 aromatic carbocycles. The van der Waals surface area contributed by atoms with E-state index in [0.717, 1.165) is 91.7 Å². The number of nitrogens with zero attached hydrogens (tertiary/aromatic N) is 11. The number of aliphatic hydroxyl groups is 1. The number of ether oxygens (including phenoxy) is 2. The molecule has 416 valence electrons. The maximum Gasteiger partial charge on any atom is 0.254 e. The Hall–Kier alpha value is -7.40. The number of benzene rings is 2. The molecule has 0 saturated carbocycles. The standard InChI is InChI=1S/C57H69N13O8S/c1-35(2)52(56(75)69-31-43(72)26-47(69)55(74)61-57(32-68(33-57)37(4)71)39-11-9-38(10-12-39)53-36(3)60-34-79-53)49-28-51(64-78-49)77-24-22-66-19-17-65(18-20-66)21-23-76-50-25-40(15-16-59-50)70-41-13-14-42(70)30-67(29-41)46-27-45(62-63-54(46)58)44-7-5-6-8-48(44)73/h5-12,15-16,25,27-28,34-35,41-43,47,52,72-73H,13-14,17-24,26,29-33H2,1-4H3,(H2,58,63)(H,61,74)/t41?,42?,43-,47+,52-/m1/s1. The molecule has 5 saturated heterocycles. The van der Waals surface area contributed by atoms with E-state index in [4.69, 9.17) is 19.7 Å². The SMILES string of the molecule is CC(=O)N1CC(NC(=O)[C@@H]2C[C@@H](O)CN2C(=O)[C@@H](c2cc(OCCN3CCN(CCOc4cc(N5C6CCC5CN(c5cc(-c7ccccc7O)nnc5N)C6)ccn4)CC3)no2)C(C)C)(c2ccc(-c3scnc3C)cc2)C1. The maximum absolute atomic E-state index is 14.5. The predicted molar refractivity (Wildman–Crippen MR) is 298 cm³/mol. The molecule has 5 fully saturated rings. The molecule has 2 unspecified atom stereocenters. The first-order chi connectivity index (χ1) is 38.2. The third-order valence-corrected chi connectivity index (χ3v) is 17.4. The van der Waals surface area contributed by atoms with Crippen molar-refractivity contribution in [2.45, 2.75) is 82.6 Å². The molecule has 9 heterocycles. The molecule has 5 aliphatic heterocycles. The van der Waals surface area contributed by atoms with Crippen molar-refractivity contribution >= 4 is 46.3 Å². The fourth-order valence-electron chi connectivity index (χ4n) is 12.1. The number of hydrogen-bond donors (Lipinski definition) is 4. The fourth-order valence-corrected chi connectivity index (χ4v) is 12.9. The molecule has 0 aliphatic carbocycles. The first-order valence-corrected chi connectivity index (χ1v) is 28.2. The van der Waals surface area contributed by atoms with E-state index < -0.39 is 29.5 Å². The molecule has 11 rings (SSSR count). The topological polar surface area (TPSA) is 245 Å². The van der Waals surface area contributed by atoms with Crippen molar-refractivity contribution in [1.82, 2.24) is 50.2 Å². The lowest BCUT2D eigenvalue weighted by Gasteiger charge is -2.51. The Morgan fingerprint density at radius 3 is 2.24 bits per heavy atom. The first kappa shape index (κ1) is 53.6. The summed E-state index contributed by atoms with van der Waals surface area (Å²) < 4.78 is 18.1. The van der Waals surface area contributed by atoms with Gasteiger partial charge in [-0.25, -0.2) is 9.97 Å². The molecule has 5 aliphatic rings. The number of carbonyl (C=O) groups is 3. The maximum atomic E-state index is 14.5. The summed E-state index contributed by atoms with van der Waals surface area (Å²) in [5.41, 5.74) is 13.3. The van der Waals surface area contributed by atoms with E-state index in [1.807, 2.05) is 74.9 Å². The van der Waals surface area contributed by atoms with E-state index in [-0.39, 0.29) is 67.5 Å². The van der Waals surface area contributed by atoms with Crippen LogP contribution in [0.25, 0.3) is 21.7 Å². The van der Waals surface area contributed by atoms with Crippen LogP contribution in [0.4, 0.5) is 17.2 Å². The summed E-state index contributed by atoms with van der Waals surface area (Å²) in [6.07, 6.45) is 3.12. The summed E-state index contributed by atoms with van der Waals surface area (Å²) in [6, 6.07) is 22.4. The lowest BCUT2D eigenvalue weighted by molar-refractivity contribution is -0.145. The van der Waals surface area contributed by atoms with Crippen molar-refractivity contribution in [3.05, 3.63) is 102 Å². The van der Waals surface area contributed by atoms with Crippen LogP contribution in [0.5, 0.6) is 17.5 Å². The highest BCUT2D eigenvalue weighted by Gasteiger charge is 2.50. The van der Waals surface area contributed by atoms with Gasteiger partial charge in [-0.3, -0.25) is 24.2 Å². The van der Waals surface area contributed by atoms with Crippen LogP contribution in [0.1, 0.15) is 63.0 Å². The van der Waals surface area contributed by atoms with E-state index in [0.29, 0.717) is 48.5 Å². The summed E-state index contributed by atoms with van der Waals surface area (Å²) in [4.78, 5) is 63.9. The summed E-state index contributed by atoms with van der Waals surface area (Å²) in [5, 5.41) is 37.3. The van der Waals surface area contributed by atoms with Gasteiger partial charge in [0.15, 0.2) is 11.6 Å².